The molecule has 2 atom stereocenters. The van der Waals surface area contributed by atoms with E-state index in [0.29, 0.717) is 25.6 Å². The van der Waals surface area contributed by atoms with Crippen molar-refractivity contribution in [2.45, 2.75) is 170 Å². The van der Waals surface area contributed by atoms with Gasteiger partial charge in [-0.25, -0.2) is 0 Å². The third-order valence-electron chi connectivity index (χ3n) is 7.87. The first-order valence-electron chi connectivity index (χ1n) is 16.6. The van der Waals surface area contributed by atoms with Crippen LogP contribution in [0.4, 0.5) is 0 Å². The molecule has 0 fully saturated rings. The molecule has 0 radical (unpaired) electrons. The Morgan fingerprint density at radius 2 is 0.868 bits per heavy atom. The molecule has 0 aliphatic carbocycles. The number of ether oxygens (including phenoxy) is 2. The molecule has 0 bridgehead atoms. The smallest absolute Gasteiger partial charge is 0.308 e. The molecule has 0 N–H and O–H groups in total. The minimum absolute atomic E-state index is 0.00656. The summed E-state index contributed by atoms with van der Waals surface area (Å²) in [5.41, 5.74) is 0. The molecular formula is C34H66O4. The van der Waals surface area contributed by atoms with Crippen LogP contribution in [0.25, 0.3) is 0 Å². The van der Waals surface area contributed by atoms with Crippen LogP contribution in [0.15, 0.2) is 0 Å². The highest BCUT2D eigenvalue weighted by molar-refractivity contribution is 5.72. The van der Waals surface area contributed by atoms with E-state index in [9.17, 15) is 9.59 Å². The number of carbonyl (C=O) groups excluding carboxylic acids is 2. The SMILES string of the molecule is CC(C)CCCCCOC(=O)CCCCCCCCCCCCC(C)C(C)C(=O)OCCCCCC(C)C. The first-order chi connectivity index (χ1) is 18.2. The zero-order valence-corrected chi connectivity index (χ0v) is 26.5. The average molecular weight is 539 g/mol. The minimum atomic E-state index is -0.0121. The highest BCUT2D eigenvalue weighted by Crippen LogP contribution is 2.21. The monoisotopic (exact) mass is 538 g/mol. The molecule has 4 nitrogen and oxygen atoms in total. The van der Waals surface area contributed by atoms with Gasteiger partial charge in [0.05, 0.1) is 19.1 Å². The molecule has 0 rings (SSSR count). The largest absolute Gasteiger partial charge is 0.466 e. The number of carbonyl (C=O) groups is 2. The zero-order chi connectivity index (χ0) is 28.4. The quantitative estimate of drug-likeness (QED) is 0.0771. The van der Waals surface area contributed by atoms with Crippen molar-refractivity contribution in [3.63, 3.8) is 0 Å². The van der Waals surface area contributed by atoms with Crippen molar-refractivity contribution >= 4 is 11.9 Å². The van der Waals surface area contributed by atoms with Crippen LogP contribution in [-0.2, 0) is 19.1 Å². The molecule has 0 aliphatic heterocycles. The van der Waals surface area contributed by atoms with Gasteiger partial charge >= 0.3 is 11.9 Å². The van der Waals surface area contributed by atoms with Gasteiger partial charge in [-0.05, 0) is 43.4 Å². The molecule has 0 amide bonds. The second-order valence-electron chi connectivity index (χ2n) is 12.7. The molecule has 0 saturated carbocycles. The summed E-state index contributed by atoms with van der Waals surface area (Å²) in [6, 6.07) is 0. The fraction of sp³-hybridized carbons (Fsp3) is 0.941. The summed E-state index contributed by atoms with van der Waals surface area (Å²) in [6.07, 6.45) is 23.3. The van der Waals surface area contributed by atoms with Crippen molar-refractivity contribution in [1.29, 1.82) is 0 Å². The molecule has 0 aromatic heterocycles. The Bertz CT molecular complexity index is 543. The van der Waals surface area contributed by atoms with Gasteiger partial charge in [-0.15, -0.1) is 0 Å². The fourth-order valence-corrected chi connectivity index (χ4v) is 4.86. The minimum Gasteiger partial charge on any atom is -0.466 e. The lowest BCUT2D eigenvalue weighted by molar-refractivity contribution is -0.150. The third-order valence-corrected chi connectivity index (χ3v) is 7.87. The maximum Gasteiger partial charge on any atom is 0.308 e. The van der Waals surface area contributed by atoms with E-state index in [1.165, 1.54) is 83.5 Å². The van der Waals surface area contributed by atoms with E-state index in [1.54, 1.807) is 0 Å². The maximum atomic E-state index is 12.3. The number of esters is 2. The lowest BCUT2D eigenvalue weighted by Gasteiger charge is -2.18. The molecule has 0 saturated heterocycles. The van der Waals surface area contributed by atoms with Gasteiger partial charge in [-0.3, -0.25) is 9.59 Å². The van der Waals surface area contributed by atoms with Gasteiger partial charge in [-0.1, -0.05) is 138 Å². The lowest BCUT2D eigenvalue weighted by Crippen LogP contribution is -2.22. The summed E-state index contributed by atoms with van der Waals surface area (Å²) in [5, 5.41) is 0. The van der Waals surface area contributed by atoms with Crippen LogP contribution in [0, 0.1) is 23.7 Å². The Morgan fingerprint density at radius 3 is 1.37 bits per heavy atom. The Balaban J connectivity index is 3.46. The Kier molecular flexibility index (Phi) is 25.4. The molecule has 0 heterocycles. The van der Waals surface area contributed by atoms with Gasteiger partial charge in [0.2, 0.25) is 0 Å². The molecular weight excluding hydrogens is 472 g/mol. The van der Waals surface area contributed by atoms with E-state index in [2.05, 4.69) is 34.6 Å². The van der Waals surface area contributed by atoms with Crippen molar-refractivity contribution in [3.8, 4) is 0 Å². The van der Waals surface area contributed by atoms with Crippen LogP contribution in [0.3, 0.4) is 0 Å². The van der Waals surface area contributed by atoms with E-state index < -0.39 is 0 Å². The highest BCUT2D eigenvalue weighted by Gasteiger charge is 2.21. The second-order valence-corrected chi connectivity index (χ2v) is 12.7. The van der Waals surface area contributed by atoms with E-state index in [1.807, 2.05) is 6.92 Å². The van der Waals surface area contributed by atoms with Crippen LogP contribution in [0.2, 0.25) is 0 Å². The second kappa shape index (κ2) is 26.2. The van der Waals surface area contributed by atoms with Gasteiger partial charge in [0.15, 0.2) is 0 Å². The molecule has 0 aromatic carbocycles. The summed E-state index contributed by atoms with van der Waals surface area (Å²) in [7, 11) is 0. The molecule has 38 heavy (non-hydrogen) atoms. The van der Waals surface area contributed by atoms with Crippen molar-refractivity contribution in [1.82, 2.24) is 0 Å². The van der Waals surface area contributed by atoms with E-state index >= 15 is 0 Å². The zero-order valence-electron chi connectivity index (χ0n) is 26.5. The third kappa shape index (κ3) is 25.2. The fourth-order valence-electron chi connectivity index (χ4n) is 4.86. The van der Waals surface area contributed by atoms with E-state index in [-0.39, 0.29) is 17.9 Å². The van der Waals surface area contributed by atoms with Crippen LogP contribution in [-0.4, -0.2) is 25.2 Å². The van der Waals surface area contributed by atoms with Gasteiger partial charge < -0.3 is 9.47 Å². The molecule has 2 unspecified atom stereocenters. The molecule has 226 valence electrons. The highest BCUT2D eigenvalue weighted by atomic mass is 16.5. The first-order valence-corrected chi connectivity index (χ1v) is 16.6. The van der Waals surface area contributed by atoms with Crippen LogP contribution < -0.4 is 0 Å². The van der Waals surface area contributed by atoms with Crippen LogP contribution >= 0.6 is 0 Å². The van der Waals surface area contributed by atoms with E-state index in [0.717, 1.165) is 50.4 Å². The van der Waals surface area contributed by atoms with Crippen LogP contribution in [0.1, 0.15) is 170 Å². The Hall–Kier alpha value is -1.06. The van der Waals surface area contributed by atoms with Gasteiger partial charge in [0.25, 0.3) is 0 Å². The van der Waals surface area contributed by atoms with Crippen molar-refractivity contribution in [2.24, 2.45) is 23.7 Å². The summed E-state index contributed by atoms with van der Waals surface area (Å²) in [5.74, 6) is 1.91. The Labute approximate surface area is 237 Å². The summed E-state index contributed by atoms with van der Waals surface area (Å²) in [6.45, 7) is 14.4. The van der Waals surface area contributed by atoms with Crippen LogP contribution in [0.5, 0.6) is 0 Å². The van der Waals surface area contributed by atoms with Gasteiger partial charge in [0, 0.05) is 6.42 Å². The van der Waals surface area contributed by atoms with Crippen molar-refractivity contribution in [3.05, 3.63) is 0 Å². The molecule has 0 spiro atoms. The standard InChI is InChI=1S/C34H66O4/c1-29(2)23-17-15-21-27-37-33(35)26-20-14-12-10-8-7-9-11-13-19-25-31(5)32(6)34(36)38-28-22-16-18-24-30(3)4/h29-32H,7-28H2,1-6H3. The number of hydrogen-bond donors (Lipinski definition) is 0. The van der Waals surface area contributed by atoms with Crippen molar-refractivity contribution < 1.29 is 19.1 Å². The topological polar surface area (TPSA) is 52.6 Å². The number of hydrogen-bond acceptors (Lipinski definition) is 4. The molecule has 4 heteroatoms. The predicted molar refractivity (Wildman–Crippen MR) is 162 cm³/mol. The average Bonchev–Trinajstić information content (AvgIpc) is 2.87. The number of rotatable bonds is 27. The molecule has 0 aromatic rings. The first kappa shape index (κ1) is 36.9. The van der Waals surface area contributed by atoms with Crippen molar-refractivity contribution in [2.75, 3.05) is 13.2 Å². The normalized spacial score (nSPS) is 13.2. The summed E-state index contributed by atoms with van der Waals surface area (Å²) in [4.78, 5) is 24.1. The summed E-state index contributed by atoms with van der Waals surface area (Å²) >= 11 is 0. The summed E-state index contributed by atoms with van der Waals surface area (Å²) < 4.78 is 10.9. The van der Waals surface area contributed by atoms with Gasteiger partial charge in [-0.2, -0.15) is 0 Å². The predicted octanol–water partition coefficient (Wildman–Crippen LogP) is 10.5. The lowest BCUT2D eigenvalue weighted by atomic mass is 9.90. The maximum absolute atomic E-state index is 12.3. The Morgan fingerprint density at radius 1 is 0.474 bits per heavy atom. The number of unbranched alkanes of at least 4 members (excludes halogenated alkanes) is 13. The van der Waals surface area contributed by atoms with Gasteiger partial charge in [0.1, 0.15) is 0 Å². The van der Waals surface area contributed by atoms with E-state index in [4.69, 9.17) is 9.47 Å². The molecule has 0 aliphatic rings.